The van der Waals surface area contributed by atoms with Gasteiger partial charge in [-0.2, -0.15) is 4.98 Å². The van der Waals surface area contributed by atoms with Crippen LogP contribution in [0.4, 0.5) is 4.39 Å². The van der Waals surface area contributed by atoms with Crippen LogP contribution < -0.4 is 10.6 Å². The quantitative estimate of drug-likeness (QED) is 0.477. The second-order valence-corrected chi connectivity index (χ2v) is 7.34. The summed E-state index contributed by atoms with van der Waals surface area (Å²) in [4.78, 5) is 20.7. The predicted molar refractivity (Wildman–Crippen MR) is 109 cm³/mol. The maximum absolute atomic E-state index is 13.0. The molecule has 1 aromatic heterocycles. The van der Waals surface area contributed by atoms with E-state index in [1.54, 1.807) is 0 Å². The molecule has 0 spiro atoms. The lowest BCUT2D eigenvalue weighted by atomic mass is 10.0. The van der Waals surface area contributed by atoms with Crippen LogP contribution in [0.5, 0.6) is 11.6 Å². The van der Waals surface area contributed by atoms with Crippen LogP contribution in [0, 0.1) is 5.82 Å². The molecule has 0 aliphatic heterocycles. The van der Waals surface area contributed by atoms with Crippen molar-refractivity contribution >= 4 is 5.91 Å². The highest BCUT2D eigenvalue weighted by molar-refractivity contribution is 5.95. The van der Waals surface area contributed by atoms with Crippen molar-refractivity contribution in [1.29, 1.82) is 0 Å². The first-order valence-corrected chi connectivity index (χ1v) is 9.38. The Balaban J connectivity index is 1.76. The van der Waals surface area contributed by atoms with Crippen molar-refractivity contribution in [3.8, 4) is 11.6 Å². The van der Waals surface area contributed by atoms with E-state index in [0.29, 0.717) is 12.1 Å². The largest absolute Gasteiger partial charge is 0.501 e. The van der Waals surface area contributed by atoms with Crippen LogP contribution in [0.3, 0.4) is 0 Å². The summed E-state index contributed by atoms with van der Waals surface area (Å²) in [5.41, 5.74) is 0.583. The average molecular weight is 410 g/mol. The Kier molecular flexibility index (Phi) is 6.27. The first-order valence-electron chi connectivity index (χ1n) is 9.38. The number of aromatic nitrogens is 2. The highest BCUT2D eigenvalue weighted by Gasteiger charge is 2.28. The van der Waals surface area contributed by atoms with Crippen LogP contribution in [0.1, 0.15) is 41.3 Å². The van der Waals surface area contributed by atoms with Crippen LogP contribution in [0.2, 0.25) is 0 Å². The smallest absolute Gasteiger partial charge is 0.274 e. The van der Waals surface area contributed by atoms with Crippen LogP contribution in [0.15, 0.2) is 54.6 Å². The fourth-order valence-corrected chi connectivity index (χ4v) is 2.75. The normalized spacial score (nSPS) is 11.3. The van der Waals surface area contributed by atoms with Crippen molar-refractivity contribution in [2.45, 2.75) is 32.5 Å². The van der Waals surface area contributed by atoms with Gasteiger partial charge in [-0.25, -0.2) is 9.37 Å². The summed E-state index contributed by atoms with van der Waals surface area (Å²) in [6, 6.07) is 15.4. The third-order valence-corrected chi connectivity index (χ3v) is 4.58. The number of benzene rings is 2. The predicted octanol–water partition coefficient (Wildman–Crippen LogP) is 2.98. The van der Waals surface area contributed by atoms with Gasteiger partial charge in [-0.05, 0) is 37.1 Å². The zero-order valence-corrected chi connectivity index (χ0v) is 16.7. The number of nitrogens with zero attached hydrogens (tertiary/aromatic N) is 2. The zero-order chi connectivity index (χ0) is 21.7. The van der Waals surface area contributed by atoms with Gasteiger partial charge in [0.05, 0.1) is 5.54 Å². The van der Waals surface area contributed by atoms with E-state index in [0.717, 1.165) is 5.56 Å². The molecule has 0 aliphatic carbocycles. The SMILES string of the molecule is CC(C)(NCc1ccccc1)c1nc(O)c(O)c(C(=O)NCc2ccc(F)cc2)n1. The van der Waals surface area contributed by atoms with Gasteiger partial charge in [0.2, 0.25) is 5.75 Å². The molecule has 4 N–H and O–H groups in total. The van der Waals surface area contributed by atoms with Crippen molar-refractivity contribution in [2.75, 3.05) is 0 Å². The summed E-state index contributed by atoms with van der Waals surface area (Å²) >= 11 is 0. The van der Waals surface area contributed by atoms with E-state index in [9.17, 15) is 19.4 Å². The molecule has 156 valence electrons. The Bertz CT molecular complexity index is 1020. The van der Waals surface area contributed by atoms with E-state index >= 15 is 0 Å². The number of nitrogens with one attached hydrogen (secondary N) is 2. The van der Waals surface area contributed by atoms with Gasteiger partial charge in [-0.15, -0.1) is 0 Å². The molecule has 0 bridgehead atoms. The molecule has 30 heavy (non-hydrogen) atoms. The van der Waals surface area contributed by atoms with E-state index in [2.05, 4.69) is 20.6 Å². The summed E-state index contributed by atoms with van der Waals surface area (Å²) in [6.07, 6.45) is 0. The summed E-state index contributed by atoms with van der Waals surface area (Å²) in [6.45, 7) is 4.24. The Morgan fingerprint density at radius 2 is 1.60 bits per heavy atom. The molecule has 0 aliphatic rings. The lowest BCUT2D eigenvalue weighted by Crippen LogP contribution is -2.38. The molecule has 2 aromatic carbocycles. The number of rotatable bonds is 7. The molecule has 0 radical (unpaired) electrons. The number of hydrogen-bond acceptors (Lipinski definition) is 6. The Labute approximate surface area is 173 Å². The topological polar surface area (TPSA) is 107 Å². The minimum Gasteiger partial charge on any atom is -0.501 e. The lowest BCUT2D eigenvalue weighted by molar-refractivity contribution is 0.0940. The number of hydrogen-bond donors (Lipinski definition) is 4. The second-order valence-electron chi connectivity index (χ2n) is 7.34. The fraction of sp³-hybridized carbons (Fsp3) is 0.227. The standard InChI is InChI=1S/C22H23FN4O3/c1-22(2,25-13-14-6-4-3-5-7-14)21-26-17(18(28)20(30)27-21)19(29)24-12-15-8-10-16(23)11-9-15/h3-11,25,28H,12-13H2,1-2H3,(H,24,29)(H,26,27,30). The number of amides is 1. The molecule has 1 amide bonds. The maximum atomic E-state index is 13.0. The van der Waals surface area contributed by atoms with Crippen LogP contribution >= 0.6 is 0 Å². The van der Waals surface area contributed by atoms with Gasteiger partial charge >= 0.3 is 0 Å². The number of halogens is 1. The molecule has 3 aromatic rings. The highest BCUT2D eigenvalue weighted by Crippen LogP contribution is 2.29. The molecular formula is C22H23FN4O3. The first-order chi connectivity index (χ1) is 14.3. The van der Waals surface area contributed by atoms with Gasteiger partial charge < -0.3 is 20.8 Å². The van der Waals surface area contributed by atoms with Crippen LogP contribution in [-0.4, -0.2) is 26.1 Å². The summed E-state index contributed by atoms with van der Waals surface area (Å²) in [7, 11) is 0. The first kappa shape index (κ1) is 21.2. The Morgan fingerprint density at radius 3 is 2.27 bits per heavy atom. The fourth-order valence-electron chi connectivity index (χ4n) is 2.75. The van der Waals surface area contributed by atoms with E-state index in [-0.39, 0.29) is 23.9 Å². The number of carbonyl (C=O) groups is 1. The minimum absolute atomic E-state index is 0.105. The third-order valence-electron chi connectivity index (χ3n) is 4.58. The van der Waals surface area contributed by atoms with E-state index in [1.807, 2.05) is 44.2 Å². The van der Waals surface area contributed by atoms with Crippen molar-refractivity contribution < 1.29 is 19.4 Å². The highest BCUT2D eigenvalue weighted by atomic mass is 19.1. The van der Waals surface area contributed by atoms with E-state index in [1.165, 1.54) is 24.3 Å². The summed E-state index contributed by atoms with van der Waals surface area (Å²) < 4.78 is 13.0. The summed E-state index contributed by atoms with van der Waals surface area (Å²) in [5, 5.41) is 26.0. The van der Waals surface area contributed by atoms with Crippen molar-refractivity contribution in [2.24, 2.45) is 0 Å². The molecule has 0 fully saturated rings. The van der Waals surface area contributed by atoms with Crippen LogP contribution in [0.25, 0.3) is 0 Å². The van der Waals surface area contributed by atoms with Gasteiger partial charge in [0, 0.05) is 13.1 Å². The van der Waals surface area contributed by atoms with Crippen molar-refractivity contribution in [3.05, 3.63) is 83.1 Å². The Hall–Kier alpha value is -3.52. The Morgan fingerprint density at radius 1 is 0.967 bits per heavy atom. The average Bonchev–Trinajstić information content (AvgIpc) is 2.74. The molecular weight excluding hydrogens is 387 g/mol. The monoisotopic (exact) mass is 410 g/mol. The maximum Gasteiger partial charge on any atom is 0.274 e. The molecule has 0 saturated heterocycles. The van der Waals surface area contributed by atoms with Crippen molar-refractivity contribution in [1.82, 2.24) is 20.6 Å². The molecule has 0 unspecified atom stereocenters. The summed E-state index contributed by atoms with van der Waals surface area (Å²) in [5.74, 6) is -2.29. The lowest BCUT2D eigenvalue weighted by Gasteiger charge is -2.25. The van der Waals surface area contributed by atoms with E-state index < -0.39 is 23.1 Å². The molecule has 1 heterocycles. The molecule has 7 nitrogen and oxygen atoms in total. The molecule has 3 rings (SSSR count). The minimum atomic E-state index is -0.799. The molecule has 0 saturated carbocycles. The van der Waals surface area contributed by atoms with Gasteiger partial charge in [0.25, 0.3) is 11.8 Å². The van der Waals surface area contributed by atoms with Crippen LogP contribution in [-0.2, 0) is 18.6 Å². The number of carbonyl (C=O) groups excluding carboxylic acids is 1. The second kappa shape index (κ2) is 8.87. The van der Waals surface area contributed by atoms with E-state index in [4.69, 9.17) is 0 Å². The van der Waals surface area contributed by atoms with Gasteiger partial charge in [-0.3, -0.25) is 4.79 Å². The van der Waals surface area contributed by atoms with Gasteiger partial charge in [-0.1, -0.05) is 42.5 Å². The zero-order valence-electron chi connectivity index (χ0n) is 16.7. The molecule has 8 heteroatoms. The third kappa shape index (κ3) is 5.09. The van der Waals surface area contributed by atoms with Gasteiger partial charge in [0.15, 0.2) is 11.5 Å². The number of aromatic hydroxyl groups is 2. The van der Waals surface area contributed by atoms with Crippen molar-refractivity contribution in [3.63, 3.8) is 0 Å². The van der Waals surface area contributed by atoms with Gasteiger partial charge in [0.1, 0.15) is 5.82 Å². The molecule has 0 atom stereocenters.